The molecule has 3 heteroatoms. The third-order valence-electron chi connectivity index (χ3n) is 8.49. The summed E-state index contributed by atoms with van der Waals surface area (Å²) in [4.78, 5) is 1.12. The Morgan fingerprint density at radius 1 is 1.04 bits per heavy atom. The maximum Gasteiger partial charge on any atom is 0.0815 e. The van der Waals surface area contributed by atoms with Crippen molar-refractivity contribution in [2.24, 2.45) is 28.9 Å². The van der Waals surface area contributed by atoms with E-state index >= 15 is 0 Å². The van der Waals surface area contributed by atoms with E-state index in [1.54, 1.807) is 0 Å². The number of hydrogen-bond acceptors (Lipinski definition) is 2. The maximum absolute atomic E-state index is 6.11. The van der Waals surface area contributed by atoms with Crippen LogP contribution in [0.5, 0.6) is 0 Å². The van der Waals surface area contributed by atoms with Crippen molar-refractivity contribution in [2.45, 2.75) is 89.6 Å². The van der Waals surface area contributed by atoms with Crippen LogP contribution < -0.4 is 11.1 Å². The molecule has 1 aromatic rings. The SMILES string of the molecule is CC1CC2(c3ccccc3)CC(CC(C)(C(=S)N[C@H]3CC[C@H](N)CC3)C2)C1C. The lowest BCUT2D eigenvalue weighted by Gasteiger charge is -2.57. The van der Waals surface area contributed by atoms with Gasteiger partial charge in [-0.05, 0) is 80.1 Å². The topological polar surface area (TPSA) is 38.0 Å². The molecule has 154 valence electrons. The highest BCUT2D eigenvalue weighted by Gasteiger charge is 2.54. The van der Waals surface area contributed by atoms with Gasteiger partial charge in [0.1, 0.15) is 0 Å². The smallest absolute Gasteiger partial charge is 0.0815 e. The standard InChI is InChI=1S/C25H38N2S/c1-17-13-25(20-7-5-4-6-8-20)15-19(18(17)2)14-24(3,16-25)23(28)27-22-11-9-21(26)10-12-22/h4-8,17-19,21-22H,9-16,26H2,1-3H3,(H,27,28)/t17?,18?,19?,21-,22-,24?,25?. The van der Waals surface area contributed by atoms with Gasteiger partial charge in [0.15, 0.2) is 0 Å². The minimum atomic E-state index is 0.0993. The number of nitrogens with two attached hydrogens (primary N) is 1. The van der Waals surface area contributed by atoms with Crippen molar-refractivity contribution < 1.29 is 0 Å². The van der Waals surface area contributed by atoms with Crippen LogP contribution in [-0.2, 0) is 5.41 Å². The summed E-state index contributed by atoms with van der Waals surface area (Å²) in [7, 11) is 0. The zero-order valence-electron chi connectivity index (χ0n) is 17.9. The molecule has 4 rings (SSSR count). The minimum absolute atomic E-state index is 0.0993. The molecule has 0 heterocycles. The molecule has 5 atom stereocenters. The highest BCUT2D eigenvalue weighted by Crippen LogP contribution is 2.59. The molecule has 0 amide bonds. The highest BCUT2D eigenvalue weighted by molar-refractivity contribution is 7.80. The first-order valence-corrected chi connectivity index (χ1v) is 11.8. The van der Waals surface area contributed by atoms with Gasteiger partial charge in [0, 0.05) is 17.5 Å². The lowest BCUT2D eigenvalue weighted by atomic mass is 9.48. The number of hydrogen-bond donors (Lipinski definition) is 2. The first kappa shape index (κ1) is 20.3. The van der Waals surface area contributed by atoms with Crippen molar-refractivity contribution >= 4 is 17.2 Å². The summed E-state index contributed by atoms with van der Waals surface area (Å²) in [6.07, 6.45) is 9.64. The molecule has 3 saturated carbocycles. The van der Waals surface area contributed by atoms with Gasteiger partial charge < -0.3 is 11.1 Å². The summed E-state index contributed by atoms with van der Waals surface area (Å²) in [5, 5.41) is 3.81. The zero-order valence-corrected chi connectivity index (χ0v) is 18.7. The van der Waals surface area contributed by atoms with Crippen molar-refractivity contribution in [1.29, 1.82) is 0 Å². The van der Waals surface area contributed by atoms with Crippen LogP contribution in [-0.4, -0.2) is 17.1 Å². The number of benzene rings is 1. The maximum atomic E-state index is 6.11. The second kappa shape index (κ2) is 7.72. The third-order valence-corrected chi connectivity index (χ3v) is 9.10. The van der Waals surface area contributed by atoms with Crippen molar-refractivity contribution in [3.63, 3.8) is 0 Å². The van der Waals surface area contributed by atoms with Crippen LogP contribution in [0.25, 0.3) is 0 Å². The summed E-state index contributed by atoms with van der Waals surface area (Å²) < 4.78 is 0. The van der Waals surface area contributed by atoms with Gasteiger partial charge in [0.25, 0.3) is 0 Å². The van der Waals surface area contributed by atoms with E-state index in [0.717, 1.165) is 48.4 Å². The van der Waals surface area contributed by atoms with E-state index in [1.807, 2.05) is 0 Å². The molecule has 5 unspecified atom stereocenters. The molecule has 3 aliphatic carbocycles. The van der Waals surface area contributed by atoms with Crippen LogP contribution in [0.4, 0.5) is 0 Å². The number of nitrogens with one attached hydrogen (secondary N) is 1. The predicted octanol–water partition coefficient (Wildman–Crippen LogP) is 5.59. The summed E-state index contributed by atoms with van der Waals surface area (Å²) in [5.41, 5.74) is 8.03. The van der Waals surface area contributed by atoms with Crippen LogP contribution in [0, 0.1) is 23.2 Å². The number of thiocarbonyl (C=S) groups is 1. The van der Waals surface area contributed by atoms with Gasteiger partial charge in [-0.2, -0.15) is 0 Å². The second-order valence-electron chi connectivity index (χ2n) is 10.7. The minimum Gasteiger partial charge on any atom is -0.376 e. The van der Waals surface area contributed by atoms with Gasteiger partial charge in [-0.25, -0.2) is 0 Å². The Morgan fingerprint density at radius 3 is 2.39 bits per heavy atom. The molecular formula is C25H38N2S. The summed E-state index contributed by atoms with van der Waals surface area (Å²) in [5.74, 6) is 2.33. The van der Waals surface area contributed by atoms with Gasteiger partial charge in [-0.3, -0.25) is 0 Å². The first-order valence-electron chi connectivity index (χ1n) is 11.4. The molecule has 0 radical (unpaired) electrons. The predicted molar refractivity (Wildman–Crippen MR) is 122 cm³/mol. The molecule has 2 bridgehead atoms. The van der Waals surface area contributed by atoms with Gasteiger partial charge in [0.05, 0.1) is 4.99 Å². The molecular weight excluding hydrogens is 360 g/mol. The Hall–Kier alpha value is -0.930. The second-order valence-corrected chi connectivity index (χ2v) is 11.1. The zero-order chi connectivity index (χ0) is 19.9. The molecule has 1 aromatic carbocycles. The summed E-state index contributed by atoms with van der Waals surface area (Å²) in [6.45, 7) is 7.40. The van der Waals surface area contributed by atoms with Crippen molar-refractivity contribution in [2.75, 3.05) is 0 Å². The lowest BCUT2D eigenvalue weighted by Crippen LogP contribution is -2.55. The molecule has 0 aromatic heterocycles. The van der Waals surface area contributed by atoms with Crippen LogP contribution in [0.2, 0.25) is 0 Å². The average molecular weight is 399 g/mol. The van der Waals surface area contributed by atoms with Crippen molar-refractivity contribution in [3.8, 4) is 0 Å². The fourth-order valence-corrected chi connectivity index (χ4v) is 7.09. The van der Waals surface area contributed by atoms with Crippen molar-refractivity contribution in [1.82, 2.24) is 5.32 Å². The van der Waals surface area contributed by atoms with E-state index in [1.165, 1.54) is 31.2 Å². The Kier molecular flexibility index (Phi) is 5.61. The third kappa shape index (κ3) is 3.77. The number of rotatable bonds is 3. The monoisotopic (exact) mass is 398 g/mol. The quantitative estimate of drug-likeness (QED) is 0.652. The van der Waals surface area contributed by atoms with Crippen molar-refractivity contribution in [3.05, 3.63) is 35.9 Å². The fourth-order valence-electron chi connectivity index (χ4n) is 6.76. The molecule has 0 spiro atoms. The van der Waals surface area contributed by atoms with E-state index in [2.05, 4.69) is 56.4 Å². The van der Waals surface area contributed by atoms with Gasteiger partial charge in [-0.15, -0.1) is 0 Å². The normalized spacial score (nSPS) is 43.4. The Balaban J connectivity index is 1.58. The molecule has 2 nitrogen and oxygen atoms in total. The first-order chi connectivity index (χ1) is 13.3. The van der Waals surface area contributed by atoms with Gasteiger partial charge >= 0.3 is 0 Å². The van der Waals surface area contributed by atoms with Crippen LogP contribution in [0.1, 0.15) is 77.7 Å². The van der Waals surface area contributed by atoms with Gasteiger partial charge in [0.2, 0.25) is 0 Å². The molecule has 0 saturated heterocycles. The van der Waals surface area contributed by atoms with E-state index in [4.69, 9.17) is 18.0 Å². The largest absolute Gasteiger partial charge is 0.376 e. The van der Waals surface area contributed by atoms with Crippen LogP contribution in [0.3, 0.4) is 0 Å². The van der Waals surface area contributed by atoms with E-state index < -0.39 is 0 Å². The molecule has 3 fully saturated rings. The Morgan fingerprint density at radius 2 is 1.71 bits per heavy atom. The molecule has 28 heavy (non-hydrogen) atoms. The lowest BCUT2D eigenvalue weighted by molar-refractivity contribution is 0.0110. The Labute approximate surface area is 177 Å². The van der Waals surface area contributed by atoms with E-state index in [9.17, 15) is 0 Å². The molecule has 0 aliphatic heterocycles. The number of fused-ring (bicyclic) bond motifs is 2. The summed E-state index contributed by atoms with van der Waals surface area (Å²) >= 11 is 6.10. The van der Waals surface area contributed by atoms with E-state index in [-0.39, 0.29) is 10.8 Å². The van der Waals surface area contributed by atoms with E-state index in [0.29, 0.717) is 12.1 Å². The average Bonchev–Trinajstić information content (AvgIpc) is 2.68. The van der Waals surface area contributed by atoms with Crippen LogP contribution >= 0.6 is 12.2 Å². The van der Waals surface area contributed by atoms with Gasteiger partial charge in [-0.1, -0.05) is 63.3 Å². The summed E-state index contributed by atoms with van der Waals surface area (Å²) in [6, 6.07) is 12.2. The Bertz CT molecular complexity index is 692. The van der Waals surface area contributed by atoms with Crippen LogP contribution in [0.15, 0.2) is 30.3 Å². The molecule has 3 N–H and O–H groups in total. The molecule has 3 aliphatic rings. The highest BCUT2D eigenvalue weighted by atomic mass is 32.1. The fraction of sp³-hybridized carbons (Fsp3) is 0.720.